The molecule has 4 nitrogen and oxygen atoms in total. The molecule has 1 heterocycles. The highest BCUT2D eigenvalue weighted by atomic mass is 16.2. The first kappa shape index (κ1) is 13.1. The van der Waals surface area contributed by atoms with E-state index in [4.69, 9.17) is 0 Å². The lowest BCUT2D eigenvalue weighted by Crippen LogP contribution is -2.23. The molecule has 0 unspecified atom stereocenters. The number of aliphatic hydroxyl groups is 1. The number of nitrogens with zero attached hydrogens (tertiary/aromatic N) is 2. The fourth-order valence-electron chi connectivity index (χ4n) is 2.40. The standard InChI is InChI=1S/C17H14N2O2/c1-12-18-15-10-6-5-9-14(15)17(21)19(12)16(11-20)13-7-3-2-4-8-13/h2-11,20H,1H3/b16-11-. The maximum Gasteiger partial charge on any atom is 0.266 e. The summed E-state index contributed by atoms with van der Waals surface area (Å²) < 4.78 is 1.43. The number of aliphatic hydroxyl groups excluding tert-OH is 1. The second-order valence-corrected chi connectivity index (χ2v) is 4.70. The predicted molar refractivity (Wildman–Crippen MR) is 83.2 cm³/mol. The van der Waals surface area contributed by atoms with E-state index in [9.17, 15) is 9.90 Å². The highest BCUT2D eigenvalue weighted by molar-refractivity contribution is 5.79. The summed E-state index contributed by atoms with van der Waals surface area (Å²) in [5.74, 6) is 0.530. The van der Waals surface area contributed by atoms with Gasteiger partial charge in [0.1, 0.15) is 12.1 Å². The van der Waals surface area contributed by atoms with E-state index in [1.807, 2.05) is 36.4 Å². The third-order valence-corrected chi connectivity index (χ3v) is 3.38. The van der Waals surface area contributed by atoms with Crippen molar-refractivity contribution in [3.05, 3.63) is 82.6 Å². The number of para-hydroxylation sites is 1. The molecule has 2 aromatic carbocycles. The van der Waals surface area contributed by atoms with Crippen molar-refractivity contribution in [3.63, 3.8) is 0 Å². The van der Waals surface area contributed by atoms with Crippen LogP contribution in [0.1, 0.15) is 11.4 Å². The van der Waals surface area contributed by atoms with Crippen molar-refractivity contribution < 1.29 is 5.11 Å². The van der Waals surface area contributed by atoms with E-state index in [2.05, 4.69) is 4.98 Å². The van der Waals surface area contributed by atoms with Gasteiger partial charge in [0.05, 0.1) is 16.6 Å². The summed E-state index contributed by atoms with van der Waals surface area (Å²) in [6.07, 6.45) is 0.945. The van der Waals surface area contributed by atoms with Crippen molar-refractivity contribution in [1.82, 2.24) is 9.55 Å². The summed E-state index contributed by atoms with van der Waals surface area (Å²) in [4.78, 5) is 17.1. The lowest BCUT2D eigenvalue weighted by atomic mass is 10.1. The van der Waals surface area contributed by atoms with Crippen molar-refractivity contribution in [2.24, 2.45) is 0 Å². The number of aromatic nitrogens is 2. The fraction of sp³-hybridized carbons (Fsp3) is 0.0588. The Hall–Kier alpha value is -2.88. The first-order chi connectivity index (χ1) is 10.2. The average Bonchev–Trinajstić information content (AvgIpc) is 2.52. The summed E-state index contributed by atoms with van der Waals surface area (Å²) in [6, 6.07) is 16.5. The quantitative estimate of drug-likeness (QED) is 0.733. The van der Waals surface area contributed by atoms with E-state index in [0.717, 1.165) is 11.8 Å². The zero-order chi connectivity index (χ0) is 14.8. The van der Waals surface area contributed by atoms with Gasteiger partial charge in [0.25, 0.3) is 5.56 Å². The largest absolute Gasteiger partial charge is 0.513 e. The van der Waals surface area contributed by atoms with Gasteiger partial charge < -0.3 is 5.11 Å². The molecular formula is C17H14N2O2. The molecule has 0 radical (unpaired) electrons. The first-order valence-corrected chi connectivity index (χ1v) is 6.61. The Morgan fingerprint density at radius 1 is 1.10 bits per heavy atom. The molecule has 4 heteroatoms. The highest BCUT2D eigenvalue weighted by Gasteiger charge is 2.13. The minimum atomic E-state index is -0.192. The van der Waals surface area contributed by atoms with Crippen LogP contribution in [0.3, 0.4) is 0 Å². The minimum absolute atomic E-state index is 0.192. The second kappa shape index (κ2) is 5.25. The summed E-state index contributed by atoms with van der Waals surface area (Å²) in [5.41, 5.74) is 1.63. The zero-order valence-electron chi connectivity index (χ0n) is 11.5. The maximum atomic E-state index is 12.7. The van der Waals surface area contributed by atoms with Gasteiger partial charge in [-0.1, -0.05) is 42.5 Å². The first-order valence-electron chi connectivity index (χ1n) is 6.61. The van der Waals surface area contributed by atoms with Gasteiger partial charge in [-0.2, -0.15) is 0 Å². The molecule has 0 amide bonds. The highest BCUT2D eigenvalue weighted by Crippen LogP contribution is 2.17. The molecule has 1 N–H and O–H groups in total. The van der Waals surface area contributed by atoms with Crippen LogP contribution in [-0.4, -0.2) is 14.7 Å². The van der Waals surface area contributed by atoms with Crippen LogP contribution in [0.15, 0.2) is 65.7 Å². The number of hydrogen-bond donors (Lipinski definition) is 1. The molecule has 0 spiro atoms. The summed E-state index contributed by atoms with van der Waals surface area (Å²) in [7, 11) is 0. The summed E-state index contributed by atoms with van der Waals surface area (Å²) in [5, 5.41) is 10.1. The van der Waals surface area contributed by atoms with Gasteiger partial charge in [-0.25, -0.2) is 4.98 Å². The van der Waals surface area contributed by atoms with Crippen molar-refractivity contribution in [2.45, 2.75) is 6.92 Å². The molecule has 0 bridgehead atoms. The molecule has 0 aliphatic carbocycles. The number of hydrogen-bond acceptors (Lipinski definition) is 3. The van der Waals surface area contributed by atoms with Gasteiger partial charge in [-0.3, -0.25) is 9.36 Å². The Bertz CT molecular complexity index is 880. The van der Waals surface area contributed by atoms with E-state index in [1.54, 1.807) is 25.1 Å². The molecule has 0 aliphatic rings. The van der Waals surface area contributed by atoms with Crippen LogP contribution in [0, 0.1) is 6.92 Å². The molecule has 0 atom stereocenters. The van der Waals surface area contributed by atoms with Gasteiger partial charge in [-0.05, 0) is 19.1 Å². The number of fused-ring (bicyclic) bond motifs is 1. The molecule has 0 saturated carbocycles. The van der Waals surface area contributed by atoms with Crippen LogP contribution in [0.5, 0.6) is 0 Å². The Balaban J connectivity index is 2.32. The van der Waals surface area contributed by atoms with Crippen LogP contribution < -0.4 is 5.56 Å². The van der Waals surface area contributed by atoms with Crippen LogP contribution in [-0.2, 0) is 0 Å². The lowest BCUT2D eigenvalue weighted by molar-refractivity contribution is 0.472. The van der Waals surface area contributed by atoms with Crippen molar-refractivity contribution in [1.29, 1.82) is 0 Å². The normalized spacial score (nSPS) is 11.8. The third kappa shape index (κ3) is 2.21. The molecule has 104 valence electrons. The molecule has 1 aromatic heterocycles. The summed E-state index contributed by atoms with van der Waals surface area (Å²) >= 11 is 0. The summed E-state index contributed by atoms with van der Waals surface area (Å²) in [6.45, 7) is 1.75. The van der Waals surface area contributed by atoms with Crippen LogP contribution in [0.4, 0.5) is 0 Å². The molecule has 0 aliphatic heterocycles. The lowest BCUT2D eigenvalue weighted by Gasteiger charge is -2.13. The van der Waals surface area contributed by atoms with E-state index in [0.29, 0.717) is 22.4 Å². The van der Waals surface area contributed by atoms with Gasteiger partial charge in [0.15, 0.2) is 0 Å². The fourth-order valence-corrected chi connectivity index (χ4v) is 2.40. The third-order valence-electron chi connectivity index (χ3n) is 3.38. The van der Waals surface area contributed by atoms with Gasteiger partial charge in [0.2, 0.25) is 0 Å². The van der Waals surface area contributed by atoms with E-state index >= 15 is 0 Å². The Morgan fingerprint density at radius 2 is 1.76 bits per heavy atom. The second-order valence-electron chi connectivity index (χ2n) is 4.70. The zero-order valence-corrected chi connectivity index (χ0v) is 11.5. The Kier molecular flexibility index (Phi) is 3.28. The monoisotopic (exact) mass is 278 g/mol. The minimum Gasteiger partial charge on any atom is -0.513 e. The maximum absolute atomic E-state index is 12.7. The molecule has 3 aromatic rings. The Morgan fingerprint density at radius 3 is 2.48 bits per heavy atom. The number of aryl methyl sites for hydroxylation is 1. The van der Waals surface area contributed by atoms with E-state index < -0.39 is 0 Å². The van der Waals surface area contributed by atoms with Gasteiger partial charge in [0, 0.05) is 5.56 Å². The Labute approximate surface area is 121 Å². The van der Waals surface area contributed by atoms with Crippen molar-refractivity contribution in [2.75, 3.05) is 0 Å². The van der Waals surface area contributed by atoms with Crippen molar-refractivity contribution in [3.8, 4) is 0 Å². The molecule has 0 saturated heterocycles. The van der Waals surface area contributed by atoms with Crippen LogP contribution in [0.2, 0.25) is 0 Å². The smallest absolute Gasteiger partial charge is 0.266 e. The molecule has 21 heavy (non-hydrogen) atoms. The predicted octanol–water partition coefficient (Wildman–Crippen LogP) is 3.11. The van der Waals surface area contributed by atoms with Gasteiger partial charge >= 0.3 is 0 Å². The number of benzene rings is 2. The van der Waals surface area contributed by atoms with E-state index in [1.165, 1.54) is 4.57 Å². The van der Waals surface area contributed by atoms with Crippen molar-refractivity contribution >= 4 is 16.6 Å². The average molecular weight is 278 g/mol. The molecular weight excluding hydrogens is 264 g/mol. The molecule has 3 rings (SSSR count). The topological polar surface area (TPSA) is 55.1 Å². The van der Waals surface area contributed by atoms with Crippen LogP contribution >= 0.6 is 0 Å². The SMILES string of the molecule is Cc1nc2ccccc2c(=O)n1/C(=C\O)c1ccccc1. The van der Waals surface area contributed by atoms with Crippen LogP contribution in [0.25, 0.3) is 16.6 Å². The van der Waals surface area contributed by atoms with Gasteiger partial charge in [-0.15, -0.1) is 0 Å². The van der Waals surface area contributed by atoms with E-state index in [-0.39, 0.29) is 5.56 Å². The number of rotatable bonds is 2. The molecule has 0 fully saturated rings.